The maximum absolute atomic E-state index is 12.4. The maximum atomic E-state index is 12.4. The van der Waals surface area contributed by atoms with Crippen LogP contribution in [0.25, 0.3) is 0 Å². The molecule has 2 fully saturated rings. The van der Waals surface area contributed by atoms with Crippen molar-refractivity contribution in [1.29, 1.82) is 0 Å². The average Bonchev–Trinajstić information content (AvgIpc) is 3.19. The van der Waals surface area contributed by atoms with Crippen LogP contribution in [0, 0.1) is 5.92 Å². The number of amides is 3. The van der Waals surface area contributed by atoms with Crippen molar-refractivity contribution in [3.63, 3.8) is 0 Å². The molecule has 8 nitrogen and oxygen atoms in total. The predicted octanol–water partition coefficient (Wildman–Crippen LogP) is 2.94. The van der Waals surface area contributed by atoms with Crippen molar-refractivity contribution in [2.24, 2.45) is 5.92 Å². The van der Waals surface area contributed by atoms with Gasteiger partial charge < -0.3 is 15.0 Å². The number of carbonyl (C=O) groups excluding carboxylic acids is 3. The van der Waals surface area contributed by atoms with Crippen molar-refractivity contribution in [3.8, 4) is 0 Å². The zero-order valence-electron chi connectivity index (χ0n) is 16.9. The SMILES string of the molecule is COC(=O)C1CCN(C(=O)CCc2csc(NC(=O)NC3CCCCC3)n2)CC1. The minimum atomic E-state index is -0.206. The minimum Gasteiger partial charge on any atom is -0.469 e. The molecule has 1 saturated carbocycles. The van der Waals surface area contributed by atoms with Crippen molar-refractivity contribution >= 4 is 34.4 Å². The lowest BCUT2D eigenvalue weighted by Crippen LogP contribution is -2.40. The summed E-state index contributed by atoms with van der Waals surface area (Å²) in [6.45, 7) is 1.17. The van der Waals surface area contributed by atoms with Gasteiger partial charge in [0.1, 0.15) is 0 Å². The van der Waals surface area contributed by atoms with Crippen LogP contribution in [0.15, 0.2) is 5.38 Å². The molecule has 160 valence electrons. The molecule has 0 spiro atoms. The Morgan fingerprint density at radius 2 is 1.90 bits per heavy atom. The summed E-state index contributed by atoms with van der Waals surface area (Å²) in [6, 6.07) is 0.0477. The first-order chi connectivity index (χ1) is 14.0. The molecule has 2 aliphatic rings. The van der Waals surface area contributed by atoms with Crippen LogP contribution in [0.1, 0.15) is 57.1 Å². The minimum absolute atomic E-state index is 0.0749. The highest BCUT2D eigenvalue weighted by molar-refractivity contribution is 7.13. The molecule has 0 bridgehead atoms. The van der Waals surface area contributed by atoms with Crippen LogP contribution in [0.4, 0.5) is 9.93 Å². The summed E-state index contributed by atoms with van der Waals surface area (Å²) in [4.78, 5) is 42.3. The summed E-state index contributed by atoms with van der Waals surface area (Å²) < 4.78 is 4.78. The van der Waals surface area contributed by atoms with E-state index in [4.69, 9.17) is 4.74 Å². The van der Waals surface area contributed by atoms with Gasteiger partial charge in [0, 0.05) is 30.9 Å². The van der Waals surface area contributed by atoms with Gasteiger partial charge >= 0.3 is 12.0 Å². The van der Waals surface area contributed by atoms with Gasteiger partial charge in [0.05, 0.1) is 18.7 Å². The molecule has 1 aliphatic heterocycles. The van der Waals surface area contributed by atoms with E-state index in [-0.39, 0.29) is 29.9 Å². The molecule has 2 heterocycles. The average molecular weight is 423 g/mol. The van der Waals surface area contributed by atoms with Gasteiger partial charge in [-0.05, 0) is 32.1 Å². The summed E-state index contributed by atoms with van der Waals surface area (Å²) in [7, 11) is 1.40. The number of anilines is 1. The Kier molecular flexibility index (Phi) is 7.85. The lowest BCUT2D eigenvalue weighted by atomic mass is 9.96. The molecular formula is C20H30N4O4S. The zero-order chi connectivity index (χ0) is 20.6. The number of thiazole rings is 1. The van der Waals surface area contributed by atoms with E-state index < -0.39 is 0 Å². The van der Waals surface area contributed by atoms with Crippen LogP contribution < -0.4 is 10.6 Å². The molecule has 0 unspecified atom stereocenters. The molecular weight excluding hydrogens is 392 g/mol. The monoisotopic (exact) mass is 422 g/mol. The molecule has 1 saturated heterocycles. The molecule has 0 aromatic carbocycles. The summed E-state index contributed by atoms with van der Waals surface area (Å²) in [5.74, 6) is -0.214. The number of carbonyl (C=O) groups is 3. The van der Waals surface area contributed by atoms with E-state index in [1.807, 2.05) is 10.3 Å². The van der Waals surface area contributed by atoms with E-state index in [1.54, 1.807) is 0 Å². The second-order valence-electron chi connectivity index (χ2n) is 7.76. The number of aromatic nitrogens is 1. The summed E-state index contributed by atoms with van der Waals surface area (Å²) in [5, 5.41) is 8.25. The molecule has 29 heavy (non-hydrogen) atoms. The smallest absolute Gasteiger partial charge is 0.321 e. The first-order valence-corrected chi connectivity index (χ1v) is 11.3. The van der Waals surface area contributed by atoms with Gasteiger partial charge in [-0.15, -0.1) is 11.3 Å². The quantitative estimate of drug-likeness (QED) is 0.687. The number of hydrogen-bond acceptors (Lipinski definition) is 6. The lowest BCUT2D eigenvalue weighted by Gasteiger charge is -2.30. The van der Waals surface area contributed by atoms with Gasteiger partial charge in [-0.25, -0.2) is 9.78 Å². The van der Waals surface area contributed by atoms with Crippen LogP contribution in [-0.2, 0) is 20.7 Å². The number of nitrogens with zero attached hydrogens (tertiary/aromatic N) is 2. The van der Waals surface area contributed by atoms with Gasteiger partial charge in [-0.3, -0.25) is 14.9 Å². The zero-order valence-corrected chi connectivity index (χ0v) is 17.8. The molecule has 0 radical (unpaired) electrons. The van der Waals surface area contributed by atoms with E-state index in [0.717, 1.165) is 18.5 Å². The summed E-state index contributed by atoms with van der Waals surface area (Å²) >= 11 is 1.37. The summed E-state index contributed by atoms with van der Waals surface area (Å²) in [6.07, 6.45) is 7.88. The molecule has 1 aromatic heterocycles. The number of likely N-dealkylation sites (tertiary alicyclic amines) is 1. The number of aryl methyl sites for hydroxylation is 1. The van der Waals surface area contributed by atoms with E-state index in [9.17, 15) is 14.4 Å². The Morgan fingerprint density at radius 3 is 2.59 bits per heavy atom. The van der Waals surface area contributed by atoms with Gasteiger partial charge in [0.25, 0.3) is 0 Å². The number of rotatable bonds is 6. The number of ether oxygens (including phenoxy) is 1. The van der Waals surface area contributed by atoms with Gasteiger partial charge in [0.2, 0.25) is 5.91 Å². The third-order valence-corrected chi connectivity index (χ3v) is 6.50. The first-order valence-electron chi connectivity index (χ1n) is 10.4. The van der Waals surface area contributed by atoms with Crippen molar-refractivity contribution in [3.05, 3.63) is 11.1 Å². The third-order valence-electron chi connectivity index (χ3n) is 5.69. The number of nitrogens with one attached hydrogen (secondary N) is 2. The lowest BCUT2D eigenvalue weighted by molar-refractivity contribution is -0.148. The number of hydrogen-bond donors (Lipinski definition) is 2. The first kappa shape index (κ1) is 21.5. The molecule has 0 atom stereocenters. The number of esters is 1. The third kappa shape index (κ3) is 6.42. The number of piperidine rings is 1. The maximum Gasteiger partial charge on any atom is 0.321 e. The Hall–Kier alpha value is -2.16. The van der Waals surface area contributed by atoms with E-state index in [0.29, 0.717) is 43.9 Å². The molecule has 3 rings (SSSR count). The van der Waals surface area contributed by atoms with Crippen LogP contribution in [0.5, 0.6) is 0 Å². The summed E-state index contributed by atoms with van der Waals surface area (Å²) in [5.41, 5.74) is 0.806. The van der Waals surface area contributed by atoms with Crippen molar-refractivity contribution in [2.45, 2.75) is 63.8 Å². The van der Waals surface area contributed by atoms with E-state index in [1.165, 1.54) is 37.7 Å². The van der Waals surface area contributed by atoms with Crippen molar-refractivity contribution in [2.75, 3.05) is 25.5 Å². The fourth-order valence-corrected chi connectivity index (χ4v) is 4.71. The highest BCUT2D eigenvalue weighted by atomic mass is 32.1. The molecule has 1 aliphatic carbocycles. The topological polar surface area (TPSA) is 101 Å². The van der Waals surface area contributed by atoms with Gasteiger partial charge in [0.15, 0.2) is 5.13 Å². The van der Waals surface area contributed by atoms with Crippen molar-refractivity contribution in [1.82, 2.24) is 15.2 Å². The highest BCUT2D eigenvalue weighted by Gasteiger charge is 2.27. The largest absolute Gasteiger partial charge is 0.469 e. The second kappa shape index (κ2) is 10.6. The van der Waals surface area contributed by atoms with E-state index in [2.05, 4.69) is 15.6 Å². The van der Waals surface area contributed by atoms with E-state index >= 15 is 0 Å². The van der Waals surface area contributed by atoms with Crippen LogP contribution >= 0.6 is 11.3 Å². The number of methoxy groups -OCH3 is 1. The fraction of sp³-hybridized carbons (Fsp3) is 0.700. The molecule has 3 amide bonds. The molecule has 9 heteroatoms. The van der Waals surface area contributed by atoms with Crippen LogP contribution in [0.3, 0.4) is 0 Å². The van der Waals surface area contributed by atoms with Crippen LogP contribution in [-0.4, -0.2) is 54.0 Å². The molecule has 2 N–H and O–H groups in total. The van der Waals surface area contributed by atoms with Gasteiger partial charge in [-0.2, -0.15) is 0 Å². The highest BCUT2D eigenvalue weighted by Crippen LogP contribution is 2.21. The fourth-order valence-electron chi connectivity index (χ4n) is 3.97. The standard InChI is InChI=1S/C20H30N4O4S/c1-28-18(26)14-9-11-24(12-10-14)17(25)8-7-16-13-29-20(22-16)23-19(27)21-15-5-3-2-4-6-15/h13-15H,2-12H2,1H3,(H2,21,22,23,27). The van der Waals surface area contributed by atoms with Gasteiger partial charge in [-0.1, -0.05) is 19.3 Å². The predicted molar refractivity (Wildman–Crippen MR) is 111 cm³/mol. The normalized spacial score (nSPS) is 18.3. The number of urea groups is 1. The van der Waals surface area contributed by atoms with Crippen LogP contribution in [0.2, 0.25) is 0 Å². The Labute approximate surface area is 175 Å². The van der Waals surface area contributed by atoms with Crippen molar-refractivity contribution < 1.29 is 19.1 Å². The molecule has 1 aromatic rings. The Bertz CT molecular complexity index is 709. The Morgan fingerprint density at radius 1 is 1.17 bits per heavy atom. The second-order valence-corrected chi connectivity index (χ2v) is 8.61. The Balaban J connectivity index is 1.38.